The summed E-state index contributed by atoms with van der Waals surface area (Å²) < 4.78 is 0. The second-order valence-electron chi connectivity index (χ2n) is 4.39. The zero-order chi connectivity index (χ0) is 9.92. The fourth-order valence-electron chi connectivity index (χ4n) is 2.74. The monoisotopic (exact) mass is 210 g/mol. The van der Waals surface area contributed by atoms with Gasteiger partial charge in [0.05, 0.1) is 0 Å². The molecule has 0 unspecified atom stereocenters. The Labute approximate surface area is 86.7 Å². The summed E-state index contributed by atoms with van der Waals surface area (Å²) in [6.07, 6.45) is 3.55. The first kappa shape index (κ1) is 8.29. The highest BCUT2D eigenvalue weighted by Gasteiger charge is 2.59. The highest BCUT2D eigenvalue weighted by molar-refractivity contribution is 6.30. The van der Waals surface area contributed by atoms with Crippen LogP contribution in [-0.4, -0.2) is 9.97 Å². The third kappa shape index (κ3) is 0.843. The maximum Gasteiger partial charge on any atom is 0.223 e. The first-order valence-electron chi connectivity index (χ1n) is 4.70. The Morgan fingerprint density at radius 1 is 1.21 bits per heavy atom. The predicted octanol–water partition coefficient (Wildman–Crippen LogP) is 1.35. The summed E-state index contributed by atoms with van der Waals surface area (Å²) in [5, 5.41) is 0.438. The average molecular weight is 211 g/mol. The number of nitrogen functional groups attached to an aromatic ring is 2. The lowest BCUT2D eigenvalue weighted by atomic mass is 9.42. The van der Waals surface area contributed by atoms with Crippen LogP contribution in [0.25, 0.3) is 0 Å². The van der Waals surface area contributed by atoms with Crippen molar-refractivity contribution in [2.45, 2.75) is 24.7 Å². The fraction of sp³-hybridized carbons (Fsp3) is 0.556. The van der Waals surface area contributed by atoms with E-state index in [1.54, 1.807) is 0 Å². The molecule has 5 heteroatoms. The molecule has 74 valence electrons. The molecule has 4 nitrogen and oxygen atoms in total. The van der Waals surface area contributed by atoms with Gasteiger partial charge in [-0.1, -0.05) is 11.6 Å². The molecule has 0 aliphatic heterocycles. The minimum Gasteiger partial charge on any atom is -0.383 e. The van der Waals surface area contributed by atoms with E-state index in [9.17, 15) is 0 Å². The van der Waals surface area contributed by atoms with Crippen molar-refractivity contribution in [3.05, 3.63) is 10.7 Å². The van der Waals surface area contributed by atoms with E-state index in [1.807, 2.05) is 0 Å². The summed E-state index contributed by atoms with van der Waals surface area (Å²) in [5.41, 5.74) is 12.4. The van der Waals surface area contributed by atoms with E-state index in [0.717, 1.165) is 11.5 Å². The molecule has 0 spiro atoms. The molecule has 1 aromatic heterocycles. The smallest absolute Gasteiger partial charge is 0.223 e. The highest BCUT2D eigenvalue weighted by Crippen LogP contribution is 2.66. The minimum atomic E-state index is 0.155. The first-order chi connectivity index (χ1) is 6.61. The molecule has 1 heterocycles. The summed E-state index contributed by atoms with van der Waals surface area (Å²) in [6, 6.07) is 0. The van der Waals surface area contributed by atoms with Crippen molar-refractivity contribution in [3.8, 4) is 0 Å². The number of rotatable bonds is 1. The minimum absolute atomic E-state index is 0.155. The van der Waals surface area contributed by atoms with Gasteiger partial charge < -0.3 is 11.5 Å². The standard InChI is InChI=1S/C9H11ClN4/c10-6-5(7(11)14-8(12)13-6)9-1-4(2-9)3-9/h4H,1-3H2,(H4,11,12,13,14). The largest absolute Gasteiger partial charge is 0.383 e. The number of nitrogens with zero attached hydrogens (tertiary/aromatic N) is 2. The number of aromatic nitrogens is 2. The van der Waals surface area contributed by atoms with Crippen molar-refractivity contribution < 1.29 is 0 Å². The van der Waals surface area contributed by atoms with Crippen LogP contribution in [0.1, 0.15) is 24.8 Å². The Morgan fingerprint density at radius 2 is 1.86 bits per heavy atom. The molecule has 14 heavy (non-hydrogen) atoms. The predicted molar refractivity (Wildman–Crippen MR) is 54.9 cm³/mol. The molecule has 0 aromatic carbocycles. The van der Waals surface area contributed by atoms with Gasteiger partial charge in [0.15, 0.2) is 0 Å². The lowest BCUT2D eigenvalue weighted by Gasteiger charge is -2.62. The average Bonchev–Trinajstić information content (AvgIpc) is 1.89. The Kier molecular flexibility index (Phi) is 1.37. The Morgan fingerprint density at radius 3 is 2.29 bits per heavy atom. The second-order valence-corrected chi connectivity index (χ2v) is 4.75. The van der Waals surface area contributed by atoms with Crippen molar-refractivity contribution in [1.82, 2.24) is 9.97 Å². The number of hydrogen-bond acceptors (Lipinski definition) is 4. The lowest BCUT2D eigenvalue weighted by Crippen LogP contribution is -2.55. The van der Waals surface area contributed by atoms with Gasteiger partial charge in [-0.05, 0) is 25.2 Å². The summed E-state index contributed by atoms with van der Waals surface area (Å²) >= 11 is 6.05. The topological polar surface area (TPSA) is 77.8 Å². The molecule has 4 rings (SSSR count). The van der Waals surface area contributed by atoms with E-state index >= 15 is 0 Å². The highest BCUT2D eigenvalue weighted by atomic mass is 35.5. The van der Waals surface area contributed by atoms with Gasteiger partial charge in [0.25, 0.3) is 0 Å². The summed E-state index contributed by atoms with van der Waals surface area (Å²) in [7, 11) is 0. The quantitative estimate of drug-likeness (QED) is 0.686. The number of halogens is 1. The zero-order valence-electron chi connectivity index (χ0n) is 7.63. The molecule has 0 atom stereocenters. The van der Waals surface area contributed by atoms with Crippen LogP contribution in [0.2, 0.25) is 5.15 Å². The van der Waals surface area contributed by atoms with Crippen LogP contribution in [0.4, 0.5) is 11.8 Å². The maximum atomic E-state index is 6.05. The molecule has 2 bridgehead atoms. The third-order valence-electron chi connectivity index (χ3n) is 3.48. The molecular weight excluding hydrogens is 200 g/mol. The van der Waals surface area contributed by atoms with Gasteiger partial charge in [-0.3, -0.25) is 0 Å². The molecule has 3 saturated carbocycles. The van der Waals surface area contributed by atoms with Gasteiger partial charge in [-0.15, -0.1) is 0 Å². The zero-order valence-corrected chi connectivity index (χ0v) is 8.38. The van der Waals surface area contributed by atoms with Crippen LogP contribution < -0.4 is 11.5 Å². The molecule has 3 aliphatic carbocycles. The molecule has 3 fully saturated rings. The SMILES string of the molecule is Nc1nc(N)c(C23CC(C2)C3)c(Cl)n1. The van der Waals surface area contributed by atoms with Crippen molar-refractivity contribution >= 4 is 23.4 Å². The molecule has 0 amide bonds. The molecule has 3 aliphatic rings. The fourth-order valence-corrected chi connectivity index (χ4v) is 3.13. The van der Waals surface area contributed by atoms with E-state index in [1.165, 1.54) is 19.3 Å². The van der Waals surface area contributed by atoms with Crippen LogP contribution >= 0.6 is 11.6 Å². The summed E-state index contributed by atoms with van der Waals surface area (Å²) in [5.74, 6) is 1.49. The van der Waals surface area contributed by atoms with Crippen LogP contribution in [0.15, 0.2) is 0 Å². The Bertz CT molecular complexity index is 377. The van der Waals surface area contributed by atoms with Gasteiger partial charge >= 0.3 is 0 Å². The molecule has 1 aromatic rings. The van der Waals surface area contributed by atoms with Gasteiger partial charge in [-0.25, -0.2) is 4.98 Å². The summed E-state index contributed by atoms with van der Waals surface area (Å²) in [6.45, 7) is 0. The third-order valence-corrected chi connectivity index (χ3v) is 3.75. The van der Waals surface area contributed by atoms with Crippen LogP contribution in [0.5, 0.6) is 0 Å². The number of anilines is 2. The van der Waals surface area contributed by atoms with Gasteiger partial charge in [0, 0.05) is 11.0 Å². The number of nitrogens with two attached hydrogens (primary N) is 2. The van der Waals surface area contributed by atoms with Crippen LogP contribution in [-0.2, 0) is 5.41 Å². The Hall–Kier alpha value is -1.03. The second kappa shape index (κ2) is 2.31. The van der Waals surface area contributed by atoms with E-state index < -0.39 is 0 Å². The van der Waals surface area contributed by atoms with Crippen molar-refractivity contribution in [2.24, 2.45) is 5.92 Å². The van der Waals surface area contributed by atoms with Crippen molar-refractivity contribution in [2.75, 3.05) is 11.5 Å². The van der Waals surface area contributed by atoms with Crippen LogP contribution in [0, 0.1) is 5.92 Å². The normalized spacial score (nSPS) is 33.4. The Balaban J connectivity index is 2.12. The van der Waals surface area contributed by atoms with Crippen molar-refractivity contribution in [1.29, 1.82) is 0 Å². The molecule has 0 radical (unpaired) electrons. The molecular formula is C9H11ClN4. The van der Waals surface area contributed by atoms with E-state index in [4.69, 9.17) is 23.1 Å². The molecule has 4 N–H and O–H groups in total. The maximum absolute atomic E-state index is 6.05. The van der Waals surface area contributed by atoms with Crippen LogP contribution in [0.3, 0.4) is 0 Å². The molecule has 0 saturated heterocycles. The lowest BCUT2D eigenvalue weighted by molar-refractivity contribution is -0.0271. The first-order valence-corrected chi connectivity index (χ1v) is 5.07. The van der Waals surface area contributed by atoms with E-state index in [-0.39, 0.29) is 11.4 Å². The van der Waals surface area contributed by atoms with Crippen molar-refractivity contribution in [3.63, 3.8) is 0 Å². The van der Waals surface area contributed by atoms with E-state index in [0.29, 0.717) is 11.0 Å². The van der Waals surface area contributed by atoms with Gasteiger partial charge in [0.1, 0.15) is 11.0 Å². The number of hydrogen-bond donors (Lipinski definition) is 2. The van der Waals surface area contributed by atoms with E-state index in [2.05, 4.69) is 9.97 Å². The van der Waals surface area contributed by atoms with Gasteiger partial charge in [-0.2, -0.15) is 4.98 Å². The summed E-state index contributed by atoms with van der Waals surface area (Å²) in [4.78, 5) is 7.93. The van der Waals surface area contributed by atoms with Gasteiger partial charge in [0.2, 0.25) is 5.95 Å².